The fraction of sp³-hybridized carbons (Fsp3) is 0.273. The Morgan fingerprint density at radius 3 is 2.94 bits per heavy atom. The highest BCUT2D eigenvalue weighted by molar-refractivity contribution is 6.30. The first-order valence-electron chi connectivity index (χ1n) is 5.12. The Bertz CT molecular complexity index is 526. The molecule has 6 heteroatoms. The van der Waals surface area contributed by atoms with Gasteiger partial charge in [0.25, 0.3) is 0 Å². The Kier molecular flexibility index (Phi) is 3.40. The fourth-order valence-electron chi connectivity index (χ4n) is 1.62. The van der Waals surface area contributed by atoms with Crippen LogP contribution in [0.4, 0.5) is 4.39 Å². The number of aryl methyl sites for hydroxylation is 1. The van der Waals surface area contributed by atoms with Crippen LogP contribution in [-0.2, 0) is 13.5 Å². The van der Waals surface area contributed by atoms with Gasteiger partial charge in [0.1, 0.15) is 5.82 Å². The zero-order valence-corrected chi connectivity index (χ0v) is 10.0. The van der Waals surface area contributed by atoms with Crippen LogP contribution in [0.15, 0.2) is 24.4 Å². The first kappa shape index (κ1) is 12.0. The van der Waals surface area contributed by atoms with Crippen molar-refractivity contribution in [3.05, 3.63) is 46.5 Å². The molecule has 17 heavy (non-hydrogen) atoms. The summed E-state index contributed by atoms with van der Waals surface area (Å²) < 4.78 is 15.1. The van der Waals surface area contributed by atoms with Crippen molar-refractivity contribution in [1.82, 2.24) is 15.0 Å². The molecule has 0 aliphatic rings. The molecule has 0 aliphatic carbocycles. The minimum atomic E-state index is -0.481. The molecule has 0 radical (unpaired) electrons. The summed E-state index contributed by atoms with van der Waals surface area (Å²) in [7, 11) is 1.77. The molecule has 1 aromatic heterocycles. The third-order valence-electron chi connectivity index (χ3n) is 2.44. The molecule has 90 valence electrons. The summed E-state index contributed by atoms with van der Waals surface area (Å²) in [5.41, 5.74) is 7.04. The largest absolute Gasteiger partial charge is 0.324 e. The Balaban J connectivity index is 2.19. The second kappa shape index (κ2) is 4.81. The second-order valence-corrected chi connectivity index (χ2v) is 4.30. The molecule has 0 saturated heterocycles. The van der Waals surface area contributed by atoms with Crippen LogP contribution in [0.5, 0.6) is 0 Å². The number of rotatable bonds is 3. The van der Waals surface area contributed by atoms with E-state index in [0.29, 0.717) is 17.0 Å². The molecule has 0 spiro atoms. The third kappa shape index (κ3) is 2.81. The van der Waals surface area contributed by atoms with Crippen molar-refractivity contribution in [3.63, 3.8) is 0 Å². The van der Waals surface area contributed by atoms with Gasteiger partial charge >= 0.3 is 0 Å². The molecule has 0 fully saturated rings. The van der Waals surface area contributed by atoms with Crippen molar-refractivity contribution in [2.24, 2.45) is 12.8 Å². The van der Waals surface area contributed by atoms with Crippen molar-refractivity contribution in [2.75, 3.05) is 0 Å². The third-order valence-corrected chi connectivity index (χ3v) is 2.67. The van der Waals surface area contributed by atoms with E-state index in [9.17, 15) is 4.39 Å². The number of benzene rings is 1. The summed E-state index contributed by atoms with van der Waals surface area (Å²) >= 11 is 5.81. The molecule has 2 N–H and O–H groups in total. The van der Waals surface area contributed by atoms with Gasteiger partial charge in [0.05, 0.1) is 5.69 Å². The van der Waals surface area contributed by atoms with Crippen LogP contribution >= 0.6 is 11.6 Å². The SMILES string of the molecule is Cn1cc(CC(N)c2cc(Cl)ccc2F)nn1. The Hall–Kier alpha value is -1.46. The number of nitrogens with two attached hydrogens (primary N) is 1. The van der Waals surface area contributed by atoms with Gasteiger partial charge in [0, 0.05) is 36.3 Å². The van der Waals surface area contributed by atoms with Gasteiger partial charge in [0.2, 0.25) is 0 Å². The molecule has 1 aromatic carbocycles. The fourth-order valence-corrected chi connectivity index (χ4v) is 1.80. The van der Waals surface area contributed by atoms with E-state index in [1.54, 1.807) is 17.9 Å². The molecule has 1 atom stereocenters. The number of nitrogens with zero attached hydrogens (tertiary/aromatic N) is 3. The summed E-state index contributed by atoms with van der Waals surface area (Å²) in [5.74, 6) is -0.356. The van der Waals surface area contributed by atoms with Crippen LogP contribution in [0.2, 0.25) is 5.02 Å². The number of hydrogen-bond donors (Lipinski definition) is 1. The highest BCUT2D eigenvalue weighted by Crippen LogP contribution is 2.22. The average molecular weight is 255 g/mol. The van der Waals surface area contributed by atoms with Crippen LogP contribution in [-0.4, -0.2) is 15.0 Å². The van der Waals surface area contributed by atoms with Crippen molar-refractivity contribution in [1.29, 1.82) is 0 Å². The Morgan fingerprint density at radius 2 is 2.29 bits per heavy atom. The van der Waals surface area contributed by atoms with Gasteiger partial charge in [-0.25, -0.2) is 4.39 Å². The zero-order chi connectivity index (χ0) is 12.4. The molecule has 0 bridgehead atoms. The zero-order valence-electron chi connectivity index (χ0n) is 9.27. The number of halogens is 2. The quantitative estimate of drug-likeness (QED) is 0.910. The molecule has 4 nitrogen and oxygen atoms in total. The molecule has 2 aromatic rings. The van der Waals surface area contributed by atoms with Gasteiger partial charge in [-0.2, -0.15) is 0 Å². The minimum Gasteiger partial charge on any atom is -0.324 e. The van der Waals surface area contributed by atoms with E-state index in [-0.39, 0.29) is 5.82 Å². The van der Waals surface area contributed by atoms with Gasteiger partial charge in [0.15, 0.2) is 0 Å². The van der Waals surface area contributed by atoms with Crippen LogP contribution in [0.25, 0.3) is 0 Å². The summed E-state index contributed by atoms with van der Waals surface area (Å²) in [4.78, 5) is 0. The maximum Gasteiger partial charge on any atom is 0.128 e. The van der Waals surface area contributed by atoms with Crippen LogP contribution < -0.4 is 5.73 Å². The molecule has 0 amide bonds. The molecule has 0 aliphatic heterocycles. The lowest BCUT2D eigenvalue weighted by molar-refractivity contribution is 0.578. The smallest absolute Gasteiger partial charge is 0.128 e. The van der Waals surface area contributed by atoms with E-state index in [2.05, 4.69) is 10.3 Å². The topological polar surface area (TPSA) is 56.7 Å². The molecule has 1 heterocycles. The average Bonchev–Trinajstić information content (AvgIpc) is 2.67. The van der Waals surface area contributed by atoms with E-state index >= 15 is 0 Å². The van der Waals surface area contributed by atoms with Gasteiger partial charge < -0.3 is 5.73 Å². The van der Waals surface area contributed by atoms with Crippen molar-refractivity contribution < 1.29 is 4.39 Å². The highest BCUT2D eigenvalue weighted by Gasteiger charge is 2.14. The summed E-state index contributed by atoms with van der Waals surface area (Å²) in [6.07, 6.45) is 2.17. The van der Waals surface area contributed by atoms with Gasteiger partial charge in [-0.15, -0.1) is 5.10 Å². The first-order valence-corrected chi connectivity index (χ1v) is 5.50. The Labute approximate surface area is 103 Å². The number of aromatic nitrogens is 3. The van der Waals surface area contributed by atoms with Crippen LogP contribution in [0, 0.1) is 5.82 Å². The summed E-state index contributed by atoms with van der Waals surface area (Å²) in [6.45, 7) is 0. The van der Waals surface area contributed by atoms with E-state index in [1.165, 1.54) is 18.2 Å². The maximum atomic E-state index is 13.5. The lowest BCUT2D eigenvalue weighted by atomic mass is 10.0. The van der Waals surface area contributed by atoms with Gasteiger partial charge in [-0.05, 0) is 18.2 Å². The van der Waals surface area contributed by atoms with Crippen molar-refractivity contribution in [3.8, 4) is 0 Å². The number of hydrogen-bond acceptors (Lipinski definition) is 3. The van der Waals surface area contributed by atoms with Crippen LogP contribution in [0.1, 0.15) is 17.3 Å². The molecule has 0 saturated carbocycles. The predicted octanol–water partition coefficient (Wildman–Crippen LogP) is 1.85. The first-order chi connectivity index (χ1) is 8.06. The van der Waals surface area contributed by atoms with Gasteiger partial charge in [-0.3, -0.25) is 4.68 Å². The van der Waals surface area contributed by atoms with Crippen molar-refractivity contribution in [2.45, 2.75) is 12.5 Å². The van der Waals surface area contributed by atoms with Crippen LogP contribution in [0.3, 0.4) is 0 Å². The monoisotopic (exact) mass is 254 g/mol. The summed E-state index contributed by atoms with van der Waals surface area (Å²) in [6, 6.07) is 3.87. The Morgan fingerprint density at radius 1 is 1.53 bits per heavy atom. The molecular formula is C11H12ClFN4. The molecule has 2 rings (SSSR count). The standard InChI is InChI=1S/C11H12ClFN4/c1-17-6-8(15-16-17)5-11(14)9-4-7(12)2-3-10(9)13/h2-4,6,11H,5,14H2,1H3. The summed E-state index contributed by atoms with van der Waals surface area (Å²) in [5, 5.41) is 8.17. The lowest BCUT2D eigenvalue weighted by Crippen LogP contribution is -2.15. The predicted molar refractivity (Wildman–Crippen MR) is 63.0 cm³/mol. The van der Waals surface area contributed by atoms with E-state index in [0.717, 1.165) is 5.69 Å². The molecular weight excluding hydrogens is 243 g/mol. The highest BCUT2D eigenvalue weighted by atomic mass is 35.5. The molecule has 1 unspecified atom stereocenters. The normalized spacial score (nSPS) is 12.7. The second-order valence-electron chi connectivity index (χ2n) is 3.86. The van der Waals surface area contributed by atoms with E-state index < -0.39 is 6.04 Å². The van der Waals surface area contributed by atoms with Gasteiger partial charge in [-0.1, -0.05) is 16.8 Å². The van der Waals surface area contributed by atoms with E-state index in [4.69, 9.17) is 17.3 Å². The van der Waals surface area contributed by atoms with E-state index in [1.807, 2.05) is 0 Å². The maximum absolute atomic E-state index is 13.5. The lowest BCUT2D eigenvalue weighted by Gasteiger charge is -2.11. The van der Waals surface area contributed by atoms with Crippen molar-refractivity contribution >= 4 is 11.6 Å². The minimum absolute atomic E-state index is 0.356.